The van der Waals surface area contributed by atoms with E-state index < -0.39 is 6.17 Å². The first-order chi connectivity index (χ1) is 4.31. The minimum absolute atomic E-state index is 0.398. The van der Waals surface area contributed by atoms with Crippen LogP contribution in [0.15, 0.2) is 12.2 Å². The summed E-state index contributed by atoms with van der Waals surface area (Å²) in [6.07, 6.45) is 3.85. The van der Waals surface area contributed by atoms with Gasteiger partial charge in [-0.3, -0.25) is 0 Å². The van der Waals surface area contributed by atoms with E-state index in [1.807, 2.05) is 13.0 Å². The predicted molar refractivity (Wildman–Crippen MR) is 39.7 cm³/mol. The van der Waals surface area contributed by atoms with Crippen LogP contribution < -0.4 is 0 Å². The lowest BCUT2D eigenvalue weighted by atomic mass is 10.2. The average molecular weight is 151 g/mol. The van der Waals surface area contributed by atoms with Crippen molar-refractivity contribution in [3.05, 3.63) is 12.2 Å². The second-order valence-corrected chi connectivity index (χ2v) is 2.21. The highest BCUT2D eigenvalue weighted by Gasteiger charge is 1.96. The molecule has 0 saturated heterocycles. The molecule has 0 fully saturated rings. The SMILES string of the molecule is CC/C=C/[C@@H](F)CCCl. The lowest BCUT2D eigenvalue weighted by Gasteiger charge is -1.95. The maximum absolute atomic E-state index is 12.4. The molecule has 0 aromatic heterocycles. The topological polar surface area (TPSA) is 0 Å². The van der Waals surface area contributed by atoms with Crippen LogP contribution in [0, 0.1) is 0 Å². The van der Waals surface area contributed by atoms with Gasteiger partial charge in [-0.2, -0.15) is 0 Å². The van der Waals surface area contributed by atoms with E-state index in [2.05, 4.69) is 0 Å². The van der Waals surface area contributed by atoms with Crippen molar-refractivity contribution in [2.45, 2.75) is 25.9 Å². The second-order valence-electron chi connectivity index (χ2n) is 1.83. The largest absolute Gasteiger partial charge is 0.243 e. The van der Waals surface area contributed by atoms with Gasteiger partial charge in [-0.15, -0.1) is 11.6 Å². The molecule has 0 nitrogen and oxygen atoms in total. The molecule has 0 aromatic rings. The minimum atomic E-state index is -0.845. The van der Waals surface area contributed by atoms with E-state index >= 15 is 0 Å². The molecule has 9 heavy (non-hydrogen) atoms. The van der Waals surface area contributed by atoms with Gasteiger partial charge in [0.1, 0.15) is 6.17 Å². The zero-order valence-electron chi connectivity index (χ0n) is 5.61. The van der Waals surface area contributed by atoms with Crippen molar-refractivity contribution in [1.82, 2.24) is 0 Å². The zero-order valence-corrected chi connectivity index (χ0v) is 6.37. The molecule has 0 rings (SSSR count). The van der Waals surface area contributed by atoms with Crippen molar-refractivity contribution in [2.75, 3.05) is 5.88 Å². The molecule has 0 amide bonds. The van der Waals surface area contributed by atoms with Gasteiger partial charge in [-0.25, -0.2) is 4.39 Å². The summed E-state index contributed by atoms with van der Waals surface area (Å²) in [5.41, 5.74) is 0. The Hall–Kier alpha value is -0.0400. The molecule has 0 unspecified atom stereocenters. The van der Waals surface area contributed by atoms with Crippen LogP contribution in [0.1, 0.15) is 19.8 Å². The van der Waals surface area contributed by atoms with E-state index in [9.17, 15) is 4.39 Å². The molecule has 0 N–H and O–H groups in total. The van der Waals surface area contributed by atoms with Gasteiger partial charge < -0.3 is 0 Å². The van der Waals surface area contributed by atoms with E-state index in [4.69, 9.17) is 11.6 Å². The van der Waals surface area contributed by atoms with E-state index in [0.29, 0.717) is 12.3 Å². The van der Waals surface area contributed by atoms with E-state index in [-0.39, 0.29) is 0 Å². The third-order valence-corrected chi connectivity index (χ3v) is 1.18. The Balaban J connectivity index is 3.25. The summed E-state index contributed by atoms with van der Waals surface area (Å²) < 4.78 is 12.4. The normalized spacial score (nSPS) is 14.6. The first-order valence-electron chi connectivity index (χ1n) is 3.18. The van der Waals surface area contributed by atoms with Gasteiger partial charge >= 0.3 is 0 Å². The van der Waals surface area contributed by atoms with Gasteiger partial charge in [0.15, 0.2) is 0 Å². The Morgan fingerprint density at radius 1 is 1.67 bits per heavy atom. The summed E-state index contributed by atoms with van der Waals surface area (Å²) in [4.78, 5) is 0. The summed E-state index contributed by atoms with van der Waals surface area (Å²) in [5.74, 6) is 0.398. The zero-order chi connectivity index (χ0) is 7.11. The molecule has 2 heteroatoms. The van der Waals surface area contributed by atoms with Crippen molar-refractivity contribution < 1.29 is 4.39 Å². The monoisotopic (exact) mass is 150 g/mol. The quantitative estimate of drug-likeness (QED) is 0.427. The molecule has 0 spiro atoms. The van der Waals surface area contributed by atoms with Crippen molar-refractivity contribution in [2.24, 2.45) is 0 Å². The predicted octanol–water partition coefficient (Wildman–Crippen LogP) is 2.92. The highest BCUT2D eigenvalue weighted by atomic mass is 35.5. The molecule has 0 saturated carbocycles. The van der Waals surface area contributed by atoms with Crippen LogP contribution in [0.3, 0.4) is 0 Å². The maximum atomic E-state index is 12.4. The third kappa shape index (κ3) is 5.84. The van der Waals surface area contributed by atoms with Crippen LogP contribution >= 0.6 is 11.6 Å². The van der Waals surface area contributed by atoms with Gasteiger partial charge in [-0.05, 0) is 12.8 Å². The molecular weight excluding hydrogens is 139 g/mol. The average Bonchev–Trinajstić information content (AvgIpc) is 1.85. The number of halogens is 2. The lowest BCUT2D eigenvalue weighted by molar-refractivity contribution is 0.391. The highest BCUT2D eigenvalue weighted by molar-refractivity contribution is 6.17. The van der Waals surface area contributed by atoms with Crippen LogP contribution in [0.2, 0.25) is 0 Å². The number of hydrogen-bond acceptors (Lipinski definition) is 0. The standard InChI is InChI=1S/C7H12ClF/c1-2-3-4-7(9)5-6-8/h3-4,7H,2,5-6H2,1H3/b4-3+/t7-/m1/s1. The minimum Gasteiger partial charge on any atom is -0.243 e. The Bertz CT molecular complexity index is 81.0. The molecule has 1 atom stereocenters. The van der Waals surface area contributed by atoms with Crippen molar-refractivity contribution in [1.29, 1.82) is 0 Å². The van der Waals surface area contributed by atoms with Crippen molar-refractivity contribution in [3.63, 3.8) is 0 Å². The molecule has 0 aliphatic carbocycles. The fraction of sp³-hybridized carbons (Fsp3) is 0.714. The van der Waals surface area contributed by atoms with Crippen molar-refractivity contribution >= 4 is 11.6 Å². The molecule has 0 radical (unpaired) electrons. The molecular formula is C7H12ClF. The number of alkyl halides is 2. The Labute approximate surface area is 60.7 Å². The fourth-order valence-corrected chi connectivity index (χ4v) is 0.693. The molecule has 0 heterocycles. The highest BCUT2D eigenvalue weighted by Crippen LogP contribution is 2.01. The lowest BCUT2D eigenvalue weighted by Crippen LogP contribution is -1.94. The Morgan fingerprint density at radius 3 is 2.78 bits per heavy atom. The van der Waals surface area contributed by atoms with Crippen LogP contribution in [-0.2, 0) is 0 Å². The third-order valence-electron chi connectivity index (χ3n) is 0.965. The van der Waals surface area contributed by atoms with E-state index in [1.165, 1.54) is 0 Å². The summed E-state index contributed by atoms with van der Waals surface area (Å²) in [6, 6.07) is 0. The summed E-state index contributed by atoms with van der Waals surface area (Å²) in [5, 5.41) is 0. The maximum Gasteiger partial charge on any atom is 0.119 e. The first-order valence-corrected chi connectivity index (χ1v) is 3.71. The van der Waals surface area contributed by atoms with Crippen LogP contribution in [-0.4, -0.2) is 12.1 Å². The van der Waals surface area contributed by atoms with Crippen molar-refractivity contribution in [3.8, 4) is 0 Å². The molecule has 0 aliphatic rings. The summed E-state index contributed by atoms with van der Waals surface area (Å²) in [6.45, 7) is 1.98. The number of allylic oxidation sites excluding steroid dienone is 2. The van der Waals surface area contributed by atoms with Crippen LogP contribution in [0.4, 0.5) is 4.39 Å². The van der Waals surface area contributed by atoms with E-state index in [1.54, 1.807) is 6.08 Å². The van der Waals surface area contributed by atoms with E-state index in [0.717, 1.165) is 6.42 Å². The van der Waals surface area contributed by atoms with Gasteiger partial charge in [-0.1, -0.05) is 19.1 Å². The Morgan fingerprint density at radius 2 is 2.33 bits per heavy atom. The second kappa shape index (κ2) is 6.09. The van der Waals surface area contributed by atoms with Gasteiger partial charge in [0.2, 0.25) is 0 Å². The molecule has 0 aromatic carbocycles. The Kier molecular flexibility index (Phi) is 6.06. The molecule has 0 aliphatic heterocycles. The fourth-order valence-electron chi connectivity index (χ4n) is 0.484. The number of rotatable bonds is 4. The van der Waals surface area contributed by atoms with Gasteiger partial charge in [0.25, 0.3) is 0 Å². The van der Waals surface area contributed by atoms with Gasteiger partial charge in [0.05, 0.1) is 0 Å². The smallest absolute Gasteiger partial charge is 0.119 e. The van der Waals surface area contributed by atoms with Crippen LogP contribution in [0.25, 0.3) is 0 Å². The summed E-state index contributed by atoms with van der Waals surface area (Å²) >= 11 is 5.30. The van der Waals surface area contributed by atoms with Gasteiger partial charge in [0, 0.05) is 5.88 Å². The first kappa shape index (κ1) is 8.96. The van der Waals surface area contributed by atoms with Crippen LogP contribution in [0.5, 0.6) is 0 Å². The molecule has 0 bridgehead atoms. The molecule has 54 valence electrons. The summed E-state index contributed by atoms with van der Waals surface area (Å²) in [7, 11) is 0. The number of hydrogen-bond donors (Lipinski definition) is 0.